The summed E-state index contributed by atoms with van der Waals surface area (Å²) in [6.45, 7) is 4.08. The highest BCUT2D eigenvalue weighted by Gasteiger charge is 2.13. The van der Waals surface area contributed by atoms with E-state index in [-0.39, 0.29) is 12.2 Å². The van der Waals surface area contributed by atoms with Gasteiger partial charge >= 0.3 is 19.1 Å². The molecule has 0 unspecified atom stereocenters. The average molecular weight is 502 g/mol. The topological polar surface area (TPSA) is 119 Å². The molecule has 0 aliphatic rings. The molecular weight excluding hydrogens is 475 g/mol. The summed E-state index contributed by atoms with van der Waals surface area (Å²) >= 11 is 0. The van der Waals surface area contributed by atoms with Gasteiger partial charge in [-0.15, -0.1) is 0 Å². The molecular formula is C28H27BO8. The summed E-state index contributed by atoms with van der Waals surface area (Å²) in [5, 5.41) is 18.3. The minimum atomic E-state index is -1.55. The molecule has 0 bridgehead atoms. The van der Waals surface area contributed by atoms with Crippen LogP contribution in [0.2, 0.25) is 0 Å². The molecule has 9 heteroatoms. The number of esters is 2. The summed E-state index contributed by atoms with van der Waals surface area (Å²) in [4.78, 5) is 36.0. The first-order chi connectivity index (χ1) is 17.9. The van der Waals surface area contributed by atoms with Crippen LogP contribution in [-0.2, 0) is 16.0 Å². The van der Waals surface area contributed by atoms with E-state index in [1.165, 1.54) is 0 Å². The highest BCUT2D eigenvalue weighted by molar-refractivity contribution is 6.58. The smallest absolute Gasteiger partial charge is 0.488 e. The predicted molar refractivity (Wildman–Crippen MR) is 138 cm³/mol. The molecule has 37 heavy (non-hydrogen) atoms. The number of hydrogen-bond acceptors (Lipinski definition) is 8. The number of rotatable bonds is 13. The molecule has 0 fully saturated rings. The van der Waals surface area contributed by atoms with E-state index in [2.05, 4.69) is 6.58 Å². The molecule has 0 saturated carbocycles. The Kier molecular flexibility index (Phi) is 10.2. The zero-order valence-electron chi connectivity index (χ0n) is 20.2. The molecule has 0 aliphatic carbocycles. The first kappa shape index (κ1) is 27.4. The molecule has 3 aromatic rings. The lowest BCUT2D eigenvalue weighted by Gasteiger charge is -2.08. The van der Waals surface area contributed by atoms with Gasteiger partial charge in [0.15, 0.2) is 5.78 Å². The van der Waals surface area contributed by atoms with E-state index < -0.39 is 19.1 Å². The molecule has 190 valence electrons. The minimum absolute atomic E-state index is 0.122. The van der Waals surface area contributed by atoms with E-state index in [0.29, 0.717) is 54.1 Å². The second kappa shape index (κ2) is 13.8. The molecule has 0 amide bonds. The van der Waals surface area contributed by atoms with Gasteiger partial charge in [-0.3, -0.25) is 4.79 Å². The van der Waals surface area contributed by atoms with E-state index >= 15 is 0 Å². The van der Waals surface area contributed by atoms with Crippen LogP contribution in [0.1, 0.15) is 39.1 Å². The summed E-state index contributed by atoms with van der Waals surface area (Å²) in [5.74, 6) is -0.202. The molecule has 0 radical (unpaired) electrons. The van der Waals surface area contributed by atoms with Crippen LogP contribution >= 0.6 is 0 Å². The van der Waals surface area contributed by atoms with Gasteiger partial charge in [-0.1, -0.05) is 30.8 Å². The quantitative estimate of drug-likeness (QED) is 0.0915. The van der Waals surface area contributed by atoms with Crippen molar-refractivity contribution in [3.63, 3.8) is 0 Å². The largest absolute Gasteiger partial charge is 0.494 e. The molecule has 0 saturated heterocycles. The summed E-state index contributed by atoms with van der Waals surface area (Å²) in [7, 11) is -1.55. The number of ketones is 1. The average Bonchev–Trinajstić information content (AvgIpc) is 2.91. The number of carbonyl (C=O) groups is 3. The Hall–Kier alpha value is -4.21. The first-order valence-corrected chi connectivity index (χ1v) is 11.7. The Bertz CT molecular complexity index is 1200. The molecule has 0 aromatic heterocycles. The van der Waals surface area contributed by atoms with Gasteiger partial charge in [-0.05, 0) is 72.4 Å². The number of carbonyl (C=O) groups excluding carboxylic acids is 3. The van der Waals surface area contributed by atoms with Crippen LogP contribution in [0.5, 0.6) is 11.5 Å². The molecule has 2 N–H and O–H groups in total. The maximum absolute atomic E-state index is 12.5. The lowest BCUT2D eigenvalue weighted by Crippen LogP contribution is -2.29. The Morgan fingerprint density at radius 1 is 0.784 bits per heavy atom. The SMILES string of the molecule is C=CC(=O)OCCCCOc1ccc(C(=O)Oc2ccc(C(=O)Cc3ccc(B(O)O)cc3)cc2)cc1. The van der Waals surface area contributed by atoms with Crippen molar-refractivity contribution in [2.45, 2.75) is 19.3 Å². The van der Waals surface area contributed by atoms with Crippen molar-refractivity contribution >= 4 is 30.3 Å². The van der Waals surface area contributed by atoms with Crippen molar-refractivity contribution in [1.82, 2.24) is 0 Å². The highest BCUT2D eigenvalue weighted by Crippen LogP contribution is 2.18. The van der Waals surface area contributed by atoms with Crippen LogP contribution < -0.4 is 14.9 Å². The van der Waals surface area contributed by atoms with Crippen molar-refractivity contribution in [1.29, 1.82) is 0 Å². The fourth-order valence-corrected chi connectivity index (χ4v) is 3.28. The maximum Gasteiger partial charge on any atom is 0.488 e. The van der Waals surface area contributed by atoms with Crippen molar-refractivity contribution in [3.05, 3.63) is 102 Å². The summed E-state index contributed by atoms with van der Waals surface area (Å²) in [6.07, 6.45) is 2.64. The second-order valence-corrected chi connectivity index (χ2v) is 8.08. The van der Waals surface area contributed by atoms with Crippen LogP contribution in [-0.4, -0.2) is 48.1 Å². The zero-order chi connectivity index (χ0) is 26.6. The van der Waals surface area contributed by atoms with Crippen molar-refractivity contribution in [3.8, 4) is 11.5 Å². The van der Waals surface area contributed by atoms with E-state index in [4.69, 9.17) is 24.3 Å². The molecule has 0 spiro atoms. The van der Waals surface area contributed by atoms with E-state index in [1.807, 2.05) is 0 Å². The van der Waals surface area contributed by atoms with Crippen LogP contribution in [0.4, 0.5) is 0 Å². The number of unbranched alkanes of at least 4 members (excludes halogenated alkanes) is 1. The summed E-state index contributed by atoms with van der Waals surface area (Å²) in [6, 6.07) is 19.3. The highest BCUT2D eigenvalue weighted by atomic mass is 16.5. The normalized spacial score (nSPS) is 10.3. The number of benzene rings is 3. The fraction of sp³-hybridized carbons (Fsp3) is 0.179. The van der Waals surface area contributed by atoms with E-state index in [1.54, 1.807) is 72.8 Å². The Morgan fingerprint density at radius 3 is 2.00 bits per heavy atom. The van der Waals surface area contributed by atoms with Gasteiger partial charge in [0.25, 0.3) is 0 Å². The van der Waals surface area contributed by atoms with Gasteiger partial charge in [0.2, 0.25) is 0 Å². The van der Waals surface area contributed by atoms with Gasteiger partial charge in [0.05, 0.1) is 18.8 Å². The standard InChI is InChI=1S/C28H27BO8/c1-2-27(31)36-18-4-3-17-35-24-13-9-22(10-14-24)28(32)37-25-15-7-21(8-16-25)26(30)19-20-5-11-23(12-6-20)29(33)34/h2,5-16,33-34H,1,3-4,17-19H2. The van der Waals surface area contributed by atoms with Crippen LogP contribution in [0.25, 0.3) is 0 Å². The third-order valence-corrected chi connectivity index (χ3v) is 5.34. The zero-order valence-corrected chi connectivity index (χ0v) is 20.2. The number of hydrogen-bond donors (Lipinski definition) is 2. The molecule has 0 atom stereocenters. The Morgan fingerprint density at radius 2 is 1.38 bits per heavy atom. The van der Waals surface area contributed by atoms with Crippen LogP contribution in [0, 0.1) is 0 Å². The molecule has 3 aromatic carbocycles. The van der Waals surface area contributed by atoms with Gasteiger partial charge in [0, 0.05) is 18.1 Å². The van der Waals surface area contributed by atoms with Gasteiger partial charge in [0.1, 0.15) is 11.5 Å². The summed E-state index contributed by atoms with van der Waals surface area (Å²) < 4.78 is 15.9. The number of Topliss-reactive ketones (excluding diaryl/α,β-unsaturated/α-hetero) is 1. The summed E-state index contributed by atoms with van der Waals surface area (Å²) in [5.41, 5.74) is 1.91. The molecule has 0 heterocycles. The van der Waals surface area contributed by atoms with Crippen LogP contribution in [0.3, 0.4) is 0 Å². The first-order valence-electron chi connectivity index (χ1n) is 11.7. The van der Waals surface area contributed by atoms with Crippen molar-refractivity contribution in [2.75, 3.05) is 13.2 Å². The molecule has 8 nitrogen and oxygen atoms in total. The lowest BCUT2D eigenvalue weighted by molar-refractivity contribution is -0.137. The van der Waals surface area contributed by atoms with E-state index in [0.717, 1.165) is 11.6 Å². The van der Waals surface area contributed by atoms with Crippen LogP contribution in [0.15, 0.2) is 85.5 Å². The van der Waals surface area contributed by atoms with Crippen molar-refractivity contribution in [2.24, 2.45) is 0 Å². The van der Waals surface area contributed by atoms with E-state index in [9.17, 15) is 14.4 Å². The number of ether oxygens (including phenoxy) is 3. The maximum atomic E-state index is 12.5. The van der Waals surface area contributed by atoms with Gasteiger partial charge in [-0.25, -0.2) is 9.59 Å². The molecule has 3 rings (SSSR count). The fourth-order valence-electron chi connectivity index (χ4n) is 3.28. The second-order valence-electron chi connectivity index (χ2n) is 8.08. The van der Waals surface area contributed by atoms with Crippen molar-refractivity contribution < 1.29 is 38.6 Å². The predicted octanol–water partition coefficient (Wildman–Crippen LogP) is 2.90. The monoisotopic (exact) mass is 502 g/mol. The Balaban J connectivity index is 1.44. The molecule has 0 aliphatic heterocycles. The third kappa shape index (κ3) is 8.75. The lowest BCUT2D eigenvalue weighted by atomic mass is 9.80. The third-order valence-electron chi connectivity index (χ3n) is 5.34. The van der Waals surface area contributed by atoms with Gasteiger partial charge < -0.3 is 24.3 Å². The van der Waals surface area contributed by atoms with Gasteiger partial charge in [-0.2, -0.15) is 0 Å². The minimum Gasteiger partial charge on any atom is -0.494 e. The Labute approximate surface area is 215 Å².